The van der Waals surface area contributed by atoms with E-state index in [0.29, 0.717) is 17.0 Å². The van der Waals surface area contributed by atoms with Crippen molar-refractivity contribution in [3.8, 4) is 16.9 Å². The number of pyridine rings is 2. The highest BCUT2D eigenvalue weighted by Crippen LogP contribution is 2.38. The summed E-state index contributed by atoms with van der Waals surface area (Å²) in [6, 6.07) is 10.0. The van der Waals surface area contributed by atoms with Gasteiger partial charge in [-0.2, -0.15) is 0 Å². The minimum absolute atomic E-state index is 0.0172. The van der Waals surface area contributed by atoms with E-state index < -0.39 is 0 Å². The van der Waals surface area contributed by atoms with E-state index in [0.717, 1.165) is 45.4 Å². The van der Waals surface area contributed by atoms with Crippen LogP contribution in [0.15, 0.2) is 59.4 Å². The van der Waals surface area contributed by atoms with Crippen LogP contribution in [0.4, 0.5) is 5.82 Å². The summed E-state index contributed by atoms with van der Waals surface area (Å²) in [5, 5.41) is 5.06. The maximum absolute atomic E-state index is 14.0. The SMILES string of the molecule is COc1cncc(-c2cccc3cc(C(C)Nc4ncnc5scnc45)n(C4CC4)c(=O)c23)c1. The molecule has 0 aliphatic heterocycles. The summed E-state index contributed by atoms with van der Waals surface area (Å²) < 4.78 is 7.31. The van der Waals surface area contributed by atoms with E-state index in [1.165, 1.54) is 11.3 Å². The summed E-state index contributed by atoms with van der Waals surface area (Å²) in [7, 11) is 1.61. The number of fused-ring (bicyclic) bond motifs is 2. The van der Waals surface area contributed by atoms with Crippen molar-refractivity contribution >= 4 is 38.3 Å². The summed E-state index contributed by atoms with van der Waals surface area (Å²) in [6.45, 7) is 2.05. The summed E-state index contributed by atoms with van der Waals surface area (Å²) in [6.07, 6.45) is 6.97. The summed E-state index contributed by atoms with van der Waals surface area (Å²) in [4.78, 5) is 32.2. The zero-order valence-corrected chi connectivity index (χ0v) is 19.5. The molecule has 0 radical (unpaired) electrons. The predicted octanol–water partition coefficient (Wildman–Crippen LogP) is 4.98. The number of hydrogen-bond donors (Lipinski definition) is 1. The van der Waals surface area contributed by atoms with Crippen LogP contribution in [0.2, 0.25) is 0 Å². The fourth-order valence-electron chi connectivity index (χ4n) is 4.44. The Balaban J connectivity index is 1.50. The number of thiazole rings is 1. The molecule has 170 valence electrons. The molecule has 4 aromatic heterocycles. The van der Waals surface area contributed by atoms with Crippen molar-refractivity contribution in [3.63, 3.8) is 0 Å². The Hall–Kier alpha value is -3.85. The lowest BCUT2D eigenvalue weighted by molar-refractivity contribution is 0.413. The number of ether oxygens (including phenoxy) is 1. The molecule has 6 rings (SSSR count). The van der Waals surface area contributed by atoms with Crippen molar-refractivity contribution in [1.82, 2.24) is 24.5 Å². The van der Waals surface area contributed by atoms with E-state index in [-0.39, 0.29) is 17.6 Å². The number of methoxy groups -OCH3 is 1. The van der Waals surface area contributed by atoms with E-state index in [9.17, 15) is 4.79 Å². The molecule has 1 aliphatic carbocycles. The second-order valence-corrected chi connectivity index (χ2v) is 9.29. The molecule has 1 saturated carbocycles. The topological polar surface area (TPSA) is 94.8 Å². The van der Waals surface area contributed by atoms with Gasteiger partial charge in [-0.25, -0.2) is 15.0 Å². The molecule has 1 unspecified atom stereocenters. The number of anilines is 1. The molecule has 0 spiro atoms. The zero-order valence-electron chi connectivity index (χ0n) is 18.7. The molecule has 1 N–H and O–H groups in total. The highest BCUT2D eigenvalue weighted by atomic mass is 32.1. The average Bonchev–Trinajstić information content (AvgIpc) is 3.58. The Morgan fingerprint density at radius 2 is 2.06 bits per heavy atom. The van der Waals surface area contributed by atoms with Crippen LogP contribution in [0.1, 0.15) is 37.5 Å². The fraction of sp³-hybridized carbons (Fsp3) is 0.240. The second-order valence-electron chi connectivity index (χ2n) is 8.45. The van der Waals surface area contributed by atoms with E-state index in [1.54, 1.807) is 31.3 Å². The number of hydrogen-bond acceptors (Lipinski definition) is 8. The van der Waals surface area contributed by atoms with Crippen LogP contribution in [0.3, 0.4) is 0 Å². The van der Waals surface area contributed by atoms with Crippen molar-refractivity contribution in [3.05, 3.63) is 70.6 Å². The lowest BCUT2D eigenvalue weighted by Gasteiger charge is -2.22. The van der Waals surface area contributed by atoms with Crippen LogP contribution in [0.5, 0.6) is 5.75 Å². The van der Waals surface area contributed by atoms with Gasteiger partial charge < -0.3 is 14.6 Å². The number of nitrogens with zero attached hydrogens (tertiary/aromatic N) is 5. The predicted molar refractivity (Wildman–Crippen MR) is 134 cm³/mol. The van der Waals surface area contributed by atoms with Crippen LogP contribution in [0.25, 0.3) is 32.2 Å². The van der Waals surface area contributed by atoms with Gasteiger partial charge in [0.25, 0.3) is 5.56 Å². The lowest BCUT2D eigenvalue weighted by atomic mass is 9.99. The first kappa shape index (κ1) is 20.7. The molecule has 0 bridgehead atoms. The van der Waals surface area contributed by atoms with E-state index >= 15 is 0 Å². The van der Waals surface area contributed by atoms with Crippen molar-refractivity contribution in [2.24, 2.45) is 0 Å². The third-order valence-electron chi connectivity index (χ3n) is 6.21. The van der Waals surface area contributed by atoms with Crippen LogP contribution in [-0.4, -0.2) is 31.6 Å². The maximum Gasteiger partial charge on any atom is 0.259 e. The smallest absolute Gasteiger partial charge is 0.259 e. The van der Waals surface area contributed by atoms with Gasteiger partial charge in [0.2, 0.25) is 0 Å². The fourth-order valence-corrected chi connectivity index (χ4v) is 5.06. The largest absolute Gasteiger partial charge is 0.495 e. The minimum atomic E-state index is -0.153. The van der Waals surface area contributed by atoms with Gasteiger partial charge in [0.05, 0.1) is 30.2 Å². The third-order valence-corrected chi connectivity index (χ3v) is 6.95. The highest BCUT2D eigenvalue weighted by Gasteiger charge is 2.30. The third kappa shape index (κ3) is 3.49. The van der Waals surface area contributed by atoms with Crippen LogP contribution >= 0.6 is 11.3 Å². The Morgan fingerprint density at radius 1 is 1.18 bits per heavy atom. The van der Waals surface area contributed by atoms with Gasteiger partial charge in [0.15, 0.2) is 5.82 Å². The van der Waals surface area contributed by atoms with Gasteiger partial charge in [-0.05, 0) is 42.8 Å². The number of benzene rings is 1. The van der Waals surface area contributed by atoms with Crippen molar-refractivity contribution in [2.75, 3.05) is 12.4 Å². The maximum atomic E-state index is 14.0. The number of nitrogens with one attached hydrogen (secondary N) is 1. The van der Waals surface area contributed by atoms with Crippen molar-refractivity contribution in [2.45, 2.75) is 31.8 Å². The molecule has 4 heterocycles. The normalized spacial score (nSPS) is 14.4. The van der Waals surface area contributed by atoms with Gasteiger partial charge in [0.1, 0.15) is 22.4 Å². The molecule has 1 aliphatic rings. The first-order chi connectivity index (χ1) is 16.6. The quantitative estimate of drug-likeness (QED) is 0.374. The van der Waals surface area contributed by atoms with Gasteiger partial charge in [-0.1, -0.05) is 18.2 Å². The minimum Gasteiger partial charge on any atom is -0.495 e. The molecule has 34 heavy (non-hydrogen) atoms. The van der Waals surface area contributed by atoms with Crippen LogP contribution in [-0.2, 0) is 0 Å². The summed E-state index contributed by atoms with van der Waals surface area (Å²) in [5.74, 6) is 1.33. The molecule has 8 nitrogen and oxygen atoms in total. The van der Waals surface area contributed by atoms with Crippen molar-refractivity contribution < 1.29 is 4.74 Å². The molecule has 5 aromatic rings. The molecule has 1 atom stereocenters. The Morgan fingerprint density at radius 3 is 2.88 bits per heavy atom. The van der Waals surface area contributed by atoms with Gasteiger partial charge in [-0.3, -0.25) is 9.78 Å². The van der Waals surface area contributed by atoms with E-state index in [4.69, 9.17) is 4.74 Å². The molecule has 1 fully saturated rings. The molecule has 0 amide bonds. The highest BCUT2D eigenvalue weighted by molar-refractivity contribution is 7.16. The standard InChI is InChI=1S/C25H22N6O2S/c1-14(30-23-22-24(28-12-27-23)34-13-29-22)20-9-15-4-3-5-19(16-8-18(33-2)11-26-10-16)21(15)25(32)31(20)17-6-7-17/h3-5,8-14,17H,6-7H2,1-2H3,(H,27,28,30). The Labute approximate surface area is 199 Å². The first-order valence-electron chi connectivity index (χ1n) is 11.1. The van der Waals surface area contributed by atoms with Crippen molar-refractivity contribution in [1.29, 1.82) is 0 Å². The molecule has 1 aromatic carbocycles. The Bertz CT molecular complexity index is 1590. The van der Waals surface area contributed by atoms with E-state index in [2.05, 4.69) is 38.2 Å². The first-order valence-corrected chi connectivity index (χ1v) is 12.0. The molecule has 0 saturated heterocycles. The summed E-state index contributed by atoms with van der Waals surface area (Å²) in [5.41, 5.74) is 5.17. The zero-order chi connectivity index (χ0) is 23.2. The molecule has 9 heteroatoms. The van der Waals surface area contributed by atoms with E-state index in [1.807, 2.05) is 28.8 Å². The number of rotatable bonds is 6. The monoisotopic (exact) mass is 470 g/mol. The lowest BCUT2D eigenvalue weighted by Crippen LogP contribution is -2.26. The van der Waals surface area contributed by atoms with Crippen LogP contribution < -0.4 is 15.6 Å². The molecular weight excluding hydrogens is 448 g/mol. The second kappa shape index (κ2) is 8.18. The van der Waals surface area contributed by atoms with Crippen LogP contribution in [0, 0.1) is 0 Å². The van der Waals surface area contributed by atoms with Gasteiger partial charge in [0, 0.05) is 23.5 Å². The Kier molecular flexibility index (Phi) is 4.99. The molecular formula is C25H22N6O2S. The van der Waals surface area contributed by atoms with Gasteiger partial charge >= 0.3 is 0 Å². The summed E-state index contributed by atoms with van der Waals surface area (Å²) >= 11 is 1.48. The number of aromatic nitrogens is 5. The van der Waals surface area contributed by atoms with Gasteiger partial charge in [-0.15, -0.1) is 11.3 Å². The average molecular weight is 471 g/mol.